The fraction of sp³-hybridized carbons (Fsp3) is 0.250. The zero-order chi connectivity index (χ0) is 20.9. The molecule has 0 unspecified atom stereocenters. The zero-order valence-electron chi connectivity index (χ0n) is 17.0. The van der Waals surface area contributed by atoms with E-state index in [1.165, 1.54) is 0 Å². The van der Waals surface area contributed by atoms with E-state index in [1.54, 1.807) is 31.4 Å². The molecule has 5 heteroatoms. The van der Waals surface area contributed by atoms with Gasteiger partial charge in [-0.15, -0.1) is 0 Å². The van der Waals surface area contributed by atoms with Gasteiger partial charge in [-0.2, -0.15) is 8.42 Å². The third kappa shape index (κ3) is 5.68. The Bertz CT molecular complexity index is 1020. The minimum Gasteiger partial charge on any atom is -0.497 e. The summed E-state index contributed by atoms with van der Waals surface area (Å²) < 4.78 is 35.8. The van der Waals surface area contributed by atoms with E-state index in [0.717, 1.165) is 28.9 Å². The Hall–Kier alpha value is -2.63. The van der Waals surface area contributed by atoms with Crippen LogP contribution in [-0.4, -0.2) is 22.1 Å². The van der Waals surface area contributed by atoms with Crippen molar-refractivity contribution in [2.45, 2.75) is 25.2 Å². The van der Waals surface area contributed by atoms with Crippen molar-refractivity contribution in [2.75, 3.05) is 13.7 Å². The third-order valence-corrected chi connectivity index (χ3v) is 5.97. The molecule has 0 radical (unpaired) electrons. The number of hydrogen-bond donors (Lipinski definition) is 0. The SMILES string of the molecule is COc1ccc(-c2ccc(S(=O)(=O)OCC(C)(C)Cc3ccccc3)cc2)cc1. The Morgan fingerprint density at radius 3 is 1.90 bits per heavy atom. The van der Waals surface area contributed by atoms with Gasteiger partial charge in [0, 0.05) is 0 Å². The van der Waals surface area contributed by atoms with Crippen LogP contribution in [0.3, 0.4) is 0 Å². The predicted octanol–water partition coefficient (Wildman–Crippen LogP) is 5.34. The molecular formula is C24H26O4S. The van der Waals surface area contributed by atoms with Crippen LogP contribution in [0.1, 0.15) is 19.4 Å². The van der Waals surface area contributed by atoms with Crippen LogP contribution in [-0.2, 0) is 20.7 Å². The van der Waals surface area contributed by atoms with Crippen LogP contribution >= 0.6 is 0 Å². The molecule has 3 aromatic carbocycles. The summed E-state index contributed by atoms with van der Waals surface area (Å²) in [5.74, 6) is 0.777. The average molecular weight is 411 g/mol. The second kappa shape index (κ2) is 8.80. The van der Waals surface area contributed by atoms with Crippen LogP contribution in [0.2, 0.25) is 0 Å². The van der Waals surface area contributed by atoms with E-state index < -0.39 is 10.1 Å². The van der Waals surface area contributed by atoms with E-state index >= 15 is 0 Å². The largest absolute Gasteiger partial charge is 0.497 e. The van der Waals surface area contributed by atoms with Gasteiger partial charge in [0.25, 0.3) is 10.1 Å². The summed E-state index contributed by atoms with van der Waals surface area (Å²) in [5.41, 5.74) is 2.76. The smallest absolute Gasteiger partial charge is 0.296 e. The molecule has 4 nitrogen and oxygen atoms in total. The van der Waals surface area contributed by atoms with Gasteiger partial charge in [-0.05, 0) is 52.8 Å². The Morgan fingerprint density at radius 2 is 1.34 bits per heavy atom. The molecule has 0 N–H and O–H groups in total. The summed E-state index contributed by atoms with van der Waals surface area (Å²) >= 11 is 0. The van der Waals surface area contributed by atoms with Gasteiger partial charge in [-0.25, -0.2) is 0 Å². The first-order valence-corrected chi connectivity index (χ1v) is 10.9. The number of benzene rings is 3. The molecule has 0 bridgehead atoms. The normalized spacial score (nSPS) is 12.0. The van der Waals surface area contributed by atoms with Gasteiger partial charge >= 0.3 is 0 Å². The average Bonchev–Trinajstić information content (AvgIpc) is 2.73. The maximum atomic E-state index is 12.6. The molecule has 0 fully saturated rings. The van der Waals surface area contributed by atoms with Gasteiger partial charge in [-0.1, -0.05) is 68.4 Å². The molecule has 0 amide bonds. The number of rotatable bonds is 8. The van der Waals surface area contributed by atoms with Crippen molar-refractivity contribution in [1.29, 1.82) is 0 Å². The lowest BCUT2D eigenvalue weighted by Crippen LogP contribution is -2.24. The molecule has 3 rings (SSSR count). The van der Waals surface area contributed by atoms with Gasteiger partial charge in [0.2, 0.25) is 0 Å². The quantitative estimate of drug-likeness (QED) is 0.471. The highest BCUT2D eigenvalue weighted by atomic mass is 32.2. The Balaban J connectivity index is 1.67. The lowest BCUT2D eigenvalue weighted by molar-refractivity contribution is 0.185. The highest BCUT2D eigenvalue weighted by molar-refractivity contribution is 7.86. The Morgan fingerprint density at radius 1 is 0.793 bits per heavy atom. The minimum absolute atomic E-state index is 0.116. The van der Waals surface area contributed by atoms with E-state index in [9.17, 15) is 8.42 Å². The first-order chi connectivity index (χ1) is 13.8. The number of methoxy groups -OCH3 is 1. The van der Waals surface area contributed by atoms with Gasteiger partial charge in [-0.3, -0.25) is 4.18 Å². The molecule has 29 heavy (non-hydrogen) atoms. The second-order valence-electron chi connectivity index (χ2n) is 7.80. The van der Waals surface area contributed by atoms with Crippen molar-refractivity contribution in [3.05, 3.63) is 84.4 Å². The monoisotopic (exact) mass is 410 g/mol. The summed E-state index contributed by atoms with van der Waals surface area (Å²) in [6.07, 6.45) is 0.736. The maximum absolute atomic E-state index is 12.6. The Kier molecular flexibility index (Phi) is 6.40. The van der Waals surface area contributed by atoms with Crippen LogP contribution in [0.15, 0.2) is 83.8 Å². The number of ether oxygens (including phenoxy) is 1. The highest BCUT2D eigenvalue weighted by Crippen LogP contribution is 2.27. The van der Waals surface area contributed by atoms with Crippen molar-refractivity contribution in [1.82, 2.24) is 0 Å². The van der Waals surface area contributed by atoms with E-state index in [-0.39, 0.29) is 16.9 Å². The first kappa shape index (κ1) is 21.1. The summed E-state index contributed by atoms with van der Waals surface area (Å²) in [6.45, 7) is 4.12. The standard InChI is InChI=1S/C24H26O4S/c1-24(2,17-19-7-5-4-6-8-19)18-28-29(25,26)23-15-11-21(12-16-23)20-9-13-22(27-3)14-10-20/h4-16H,17-18H2,1-3H3. The second-order valence-corrected chi connectivity index (χ2v) is 9.41. The fourth-order valence-corrected chi connectivity index (χ4v) is 4.18. The van der Waals surface area contributed by atoms with Crippen molar-refractivity contribution in [3.8, 4) is 16.9 Å². The molecule has 0 heterocycles. The van der Waals surface area contributed by atoms with Crippen LogP contribution in [0.25, 0.3) is 11.1 Å². The summed E-state index contributed by atoms with van der Waals surface area (Å²) in [5, 5.41) is 0. The van der Waals surface area contributed by atoms with E-state index in [1.807, 2.05) is 68.4 Å². The summed E-state index contributed by atoms with van der Waals surface area (Å²) in [6, 6.07) is 24.3. The van der Waals surface area contributed by atoms with Gasteiger partial charge < -0.3 is 4.74 Å². The molecule has 0 aliphatic heterocycles. The van der Waals surface area contributed by atoms with Crippen LogP contribution < -0.4 is 4.74 Å². The molecule has 152 valence electrons. The van der Waals surface area contributed by atoms with Gasteiger partial charge in [0.05, 0.1) is 18.6 Å². The Labute approximate surface area is 173 Å². The van der Waals surface area contributed by atoms with Crippen molar-refractivity contribution >= 4 is 10.1 Å². The highest BCUT2D eigenvalue weighted by Gasteiger charge is 2.24. The molecule has 0 aliphatic carbocycles. The third-order valence-electron chi connectivity index (χ3n) is 4.70. The molecule has 0 aliphatic rings. The zero-order valence-corrected chi connectivity index (χ0v) is 17.8. The van der Waals surface area contributed by atoms with Crippen LogP contribution in [0.4, 0.5) is 0 Å². The van der Waals surface area contributed by atoms with Crippen LogP contribution in [0.5, 0.6) is 5.75 Å². The first-order valence-electron chi connectivity index (χ1n) is 9.47. The summed E-state index contributed by atoms with van der Waals surface area (Å²) in [4.78, 5) is 0.158. The maximum Gasteiger partial charge on any atom is 0.296 e. The predicted molar refractivity (Wildman–Crippen MR) is 115 cm³/mol. The molecular weight excluding hydrogens is 384 g/mol. The molecule has 0 atom stereocenters. The van der Waals surface area contributed by atoms with E-state index in [0.29, 0.717) is 0 Å². The minimum atomic E-state index is -3.82. The molecule has 3 aromatic rings. The lowest BCUT2D eigenvalue weighted by Gasteiger charge is -2.24. The number of hydrogen-bond acceptors (Lipinski definition) is 4. The molecule has 0 spiro atoms. The van der Waals surface area contributed by atoms with Crippen molar-refractivity contribution in [2.24, 2.45) is 5.41 Å². The fourth-order valence-electron chi connectivity index (χ4n) is 3.10. The van der Waals surface area contributed by atoms with E-state index in [2.05, 4.69) is 0 Å². The van der Waals surface area contributed by atoms with E-state index in [4.69, 9.17) is 8.92 Å². The summed E-state index contributed by atoms with van der Waals surface area (Å²) in [7, 11) is -2.19. The molecule has 0 saturated heterocycles. The van der Waals surface area contributed by atoms with Crippen LogP contribution in [0, 0.1) is 5.41 Å². The van der Waals surface area contributed by atoms with Crippen molar-refractivity contribution in [3.63, 3.8) is 0 Å². The molecule has 0 aromatic heterocycles. The molecule has 0 saturated carbocycles. The van der Waals surface area contributed by atoms with Gasteiger partial charge in [0.15, 0.2) is 0 Å². The lowest BCUT2D eigenvalue weighted by atomic mass is 9.87. The van der Waals surface area contributed by atoms with Gasteiger partial charge in [0.1, 0.15) is 5.75 Å². The van der Waals surface area contributed by atoms with Crippen molar-refractivity contribution < 1.29 is 17.3 Å². The topological polar surface area (TPSA) is 52.6 Å².